The van der Waals surface area contributed by atoms with Crippen LogP contribution in [0.5, 0.6) is 0 Å². The van der Waals surface area contributed by atoms with E-state index in [0.717, 1.165) is 18.2 Å². The molecular formula is C13H17FN2O3S. The molecule has 2 N–H and O–H groups in total. The van der Waals surface area contributed by atoms with Gasteiger partial charge in [0.25, 0.3) is 0 Å². The topological polar surface area (TPSA) is 69.6 Å². The van der Waals surface area contributed by atoms with Crippen LogP contribution in [-0.4, -0.2) is 52.2 Å². The zero-order chi connectivity index (χ0) is 15.2. The van der Waals surface area contributed by atoms with Crippen LogP contribution in [0, 0.1) is 17.7 Å². The van der Waals surface area contributed by atoms with E-state index in [-0.39, 0.29) is 17.0 Å². The van der Waals surface area contributed by atoms with Gasteiger partial charge in [-0.05, 0) is 32.3 Å². The molecule has 0 aliphatic carbocycles. The lowest BCUT2D eigenvalue weighted by Gasteiger charge is -2.12. The van der Waals surface area contributed by atoms with Crippen LogP contribution in [-0.2, 0) is 10.0 Å². The summed E-state index contributed by atoms with van der Waals surface area (Å²) in [6.07, 6.45) is 0. The summed E-state index contributed by atoms with van der Waals surface area (Å²) in [5.74, 6) is 4.17. The van der Waals surface area contributed by atoms with Gasteiger partial charge in [-0.25, -0.2) is 17.5 Å². The van der Waals surface area contributed by atoms with Crippen LogP contribution < -0.4 is 4.72 Å². The molecule has 0 atom stereocenters. The lowest BCUT2D eigenvalue weighted by molar-refractivity contribution is 0.350. The van der Waals surface area contributed by atoms with E-state index in [9.17, 15) is 12.8 Å². The average molecular weight is 300 g/mol. The van der Waals surface area contributed by atoms with Crippen molar-refractivity contribution in [3.05, 3.63) is 29.6 Å². The van der Waals surface area contributed by atoms with E-state index in [4.69, 9.17) is 5.11 Å². The summed E-state index contributed by atoms with van der Waals surface area (Å²) >= 11 is 0. The van der Waals surface area contributed by atoms with Crippen molar-refractivity contribution in [1.29, 1.82) is 0 Å². The molecule has 0 amide bonds. The predicted octanol–water partition coefficient (Wildman–Crippen LogP) is 0.00940. The first-order valence-electron chi connectivity index (χ1n) is 5.90. The number of nitrogens with one attached hydrogen (secondary N) is 1. The normalized spacial score (nSPS) is 11.2. The zero-order valence-corrected chi connectivity index (χ0v) is 12.2. The molecule has 0 bridgehead atoms. The number of nitrogens with zero attached hydrogens (tertiary/aromatic N) is 1. The van der Waals surface area contributed by atoms with E-state index >= 15 is 0 Å². The van der Waals surface area contributed by atoms with Crippen LogP contribution in [0.2, 0.25) is 0 Å². The fourth-order valence-electron chi connectivity index (χ4n) is 1.45. The summed E-state index contributed by atoms with van der Waals surface area (Å²) in [5.41, 5.74) is 0.0244. The van der Waals surface area contributed by atoms with Gasteiger partial charge in [-0.2, -0.15) is 0 Å². The van der Waals surface area contributed by atoms with Gasteiger partial charge < -0.3 is 10.0 Å². The minimum Gasteiger partial charge on any atom is -0.384 e. The molecule has 0 saturated carbocycles. The van der Waals surface area contributed by atoms with Crippen LogP contribution >= 0.6 is 0 Å². The maximum atomic E-state index is 13.2. The van der Waals surface area contributed by atoms with Gasteiger partial charge in [0.2, 0.25) is 10.0 Å². The van der Waals surface area contributed by atoms with Crippen molar-refractivity contribution in [2.75, 3.05) is 33.8 Å². The van der Waals surface area contributed by atoms with Gasteiger partial charge in [-0.3, -0.25) is 0 Å². The monoisotopic (exact) mass is 300 g/mol. The average Bonchev–Trinajstić information content (AvgIpc) is 2.35. The highest BCUT2D eigenvalue weighted by atomic mass is 32.2. The molecule has 5 nitrogen and oxygen atoms in total. The highest BCUT2D eigenvalue weighted by Crippen LogP contribution is 2.16. The number of aliphatic hydroxyl groups excluding tert-OH is 1. The Hall–Kier alpha value is -1.46. The standard InChI is InChI=1S/C13H17FN2O3S/c1-16(2)8-7-15-20(18,19)13-6-5-12(14)10-11(13)4-3-9-17/h5-6,10,15,17H,7-9H2,1-2H3. The van der Waals surface area contributed by atoms with Crippen LogP contribution in [0.4, 0.5) is 4.39 Å². The minimum atomic E-state index is -3.76. The molecule has 7 heteroatoms. The van der Waals surface area contributed by atoms with Crippen molar-refractivity contribution < 1.29 is 17.9 Å². The molecule has 1 rings (SSSR count). The molecule has 20 heavy (non-hydrogen) atoms. The van der Waals surface area contributed by atoms with Crippen molar-refractivity contribution >= 4 is 10.0 Å². The third-order valence-electron chi connectivity index (χ3n) is 2.38. The Labute approximate surface area is 118 Å². The van der Waals surface area contributed by atoms with Crippen molar-refractivity contribution in [3.8, 4) is 11.8 Å². The smallest absolute Gasteiger partial charge is 0.241 e. The van der Waals surface area contributed by atoms with E-state index < -0.39 is 22.4 Å². The second-order valence-electron chi connectivity index (χ2n) is 4.30. The van der Waals surface area contributed by atoms with Crippen molar-refractivity contribution in [2.24, 2.45) is 0 Å². The van der Waals surface area contributed by atoms with Crippen LogP contribution in [0.15, 0.2) is 23.1 Å². The maximum Gasteiger partial charge on any atom is 0.241 e. The summed E-state index contributed by atoms with van der Waals surface area (Å²) < 4.78 is 39.8. The highest BCUT2D eigenvalue weighted by Gasteiger charge is 2.17. The molecule has 1 aromatic rings. The molecule has 0 aromatic heterocycles. The summed E-state index contributed by atoms with van der Waals surface area (Å²) in [4.78, 5) is 1.73. The van der Waals surface area contributed by atoms with Gasteiger partial charge in [-0.15, -0.1) is 0 Å². The second kappa shape index (κ2) is 7.36. The van der Waals surface area contributed by atoms with Gasteiger partial charge in [0.1, 0.15) is 12.4 Å². The first-order valence-corrected chi connectivity index (χ1v) is 7.39. The Kier molecular flexibility index (Phi) is 6.10. The number of aliphatic hydroxyl groups is 1. The fourth-order valence-corrected chi connectivity index (χ4v) is 2.61. The van der Waals surface area contributed by atoms with Crippen LogP contribution in [0.25, 0.3) is 0 Å². The molecule has 0 heterocycles. The van der Waals surface area contributed by atoms with E-state index in [2.05, 4.69) is 16.6 Å². The van der Waals surface area contributed by atoms with Gasteiger partial charge in [0, 0.05) is 18.7 Å². The second-order valence-corrected chi connectivity index (χ2v) is 6.04. The third kappa shape index (κ3) is 4.90. The zero-order valence-electron chi connectivity index (χ0n) is 11.4. The predicted molar refractivity (Wildman–Crippen MR) is 74.1 cm³/mol. The SMILES string of the molecule is CN(C)CCNS(=O)(=O)c1ccc(F)cc1C#CCO. The molecular weight excluding hydrogens is 283 g/mol. The Balaban J connectivity index is 3.05. The lowest BCUT2D eigenvalue weighted by atomic mass is 10.2. The number of sulfonamides is 1. The Morgan fingerprint density at radius 2 is 2.10 bits per heavy atom. The highest BCUT2D eigenvalue weighted by molar-refractivity contribution is 7.89. The van der Waals surface area contributed by atoms with Gasteiger partial charge >= 0.3 is 0 Å². The summed E-state index contributed by atoms with van der Waals surface area (Å²) in [5, 5.41) is 8.66. The van der Waals surface area contributed by atoms with E-state index in [1.54, 1.807) is 0 Å². The van der Waals surface area contributed by atoms with E-state index in [1.165, 1.54) is 0 Å². The molecule has 1 aromatic carbocycles. The molecule has 0 fully saturated rings. The maximum absolute atomic E-state index is 13.2. The number of halogens is 1. The Morgan fingerprint density at radius 1 is 1.40 bits per heavy atom. The molecule has 0 unspecified atom stereocenters. The summed E-state index contributed by atoms with van der Waals surface area (Å²) in [6.45, 7) is 0.349. The van der Waals surface area contributed by atoms with E-state index in [0.29, 0.717) is 6.54 Å². The van der Waals surface area contributed by atoms with Gasteiger partial charge in [-0.1, -0.05) is 11.8 Å². The van der Waals surface area contributed by atoms with Gasteiger partial charge in [0.05, 0.1) is 4.90 Å². The number of rotatable bonds is 5. The Morgan fingerprint density at radius 3 is 2.70 bits per heavy atom. The summed E-state index contributed by atoms with van der Waals surface area (Å²) in [6, 6.07) is 3.25. The number of hydrogen-bond donors (Lipinski definition) is 2. The molecule has 0 spiro atoms. The lowest BCUT2D eigenvalue weighted by Crippen LogP contribution is -2.31. The van der Waals surface area contributed by atoms with Crippen LogP contribution in [0.1, 0.15) is 5.56 Å². The quantitative estimate of drug-likeness (QED) is 0.752. The number of likely N-dealkylation sites (N-methyl/N-ethyl adjacent to an activating group) is 1. The van der Waals surface area contributed by atoms with Gasteiger partial charge in [0.15, 0.2) is 0 Å². The minimum absolute atomic E-state index is 0.0244. The fraction of sp³-hybridized carbons (Fsp3) is 0.385. The van der Waals surface area contributed by atoms with Crippen molar-refractivity contribution in [2.45, 2.75) is 4.90 Å². The van der Waals surface area contributed by atoms with Crippen LogP contribution in [0.3, 0.4) is 0 Å². The van der Waals surface area contributed by atoms with Crippen molar-refractivity contribution in [1.82, 2.24) is 9.62 Å². The number of benzene rings is 1. The number of hydrogen-bond acceptors (Lipinski definition) is 4. The van der Waals surface area contributed by atoms with Crippen molar-refractivity contribution in [3.63, 3.8) is 0 Å². The Bertz CT molecular complexity index is 618. The molecule has 0 radical (unpaired) electrons. The summed E-state index contributed by atoms with van der Waals surface area (Å²) in [7, 11) is -0.114. The third-order valence-corrected chi connectivity index (χ3v) is 3.90. The first kappa shape index (κ1) is 16.6. The molecule has 110 valence electrons. The first-order chi connectivity index (χ1) is 9.36. The largest absolute Gasteiger partial charge is 0.384 e. The van der Waals surface area contributed by atoms with E-state index in [1.807, 2.05) is 19.0 Å². The molecule has 0 aliphatic heterocycles. The molecule has 0 aliphatic rings. The molecule has 0 saturated heterocycles.